The number of rotatable bonds is 4. The van der Waals surface area contributed by atoms with E-state index in [4.69, 9.17) is 4.74 Å². The molecule has 1 aromatic carbocycles. The minimum absolute atomic E-state index is 0.0690. The van der Waals surface area contributed by atoms with Crippen molar-refractivity contribution >= 4 is 16.8 Å². The second kappa shape index (κ2) is 8.03. The zero-order valence-electron chi connectivity index (χ0n) is 21.8. The van der Waals surface area contributed by atoms with E-state index in [-0.39, 0.29) is 17.9 Å². The third kappa shape index (κ3) is 3.57. The Morgan fingerprint density at radius 1 is 1.06 bits per heavy atom. The van der Waals surface area contributed by atoms with Crippen LogP contribution < -0.4 is 4.74 Å². The fourth-order valence-electron chi connectivity index (χ4n) is 9.63. The lowest BCUT2D eigenvalue weighted by atomic mass is 9.43. The first kappa shape index (κ1) is 23.4. The molecule has 6 heteroatoms. The molecule has 0 radical (unpaired) electrons. The van der Waals surface area contributed by atoms with Gasteiger partial charge in [0.15, 0.2) is 11.3 Å². The number of benzene rings is 1. The summed E-state index contributed by atoms with van der Waals surface area (Å²) in [5.41, 5.74) is 1.40. The standard InChI is InChI=1S/C29H41N3O3/c1-27(34)13-11-19-18(16-27)10-14-28(2)20(19)12-15-29(3)21(8-9-25(28)29)23(33)17-32-30-22-6-5-7-24(35-4)26(22)31-32/h5-7,18-21,25,34H,8-17H2,1-4H3/t18-,19+,20-,21-,25+,27-,28-,29-/m1/s1. The number of hydrogen-bond acceptors (Lipinski definition) is 5. The first-order valence-corrected chi connectivity index (χ1v) is 13.8. The number of methoxy groups -OCH3 is 1. The van der Waals surface area contributed by atoms with Crippen molar-refractivity contribution in [2.45, 2.75) is 90.7 Å². The summed E-state index contributed by atoms with van der Waals surface area (Å²) in [6.07, 6.45) is 10.1. The fraction of sp³-hybridized carbons (Fsp3) is 0.759. The number of ketones is 1. The van der Waals surface area contributed by atoms with Gasteiger partial charge >= 0.3 is 0 Å². The van der Waals surface area contributed by atoms with E-state index >= 15 is 0 Å². The van der Waals surface area contributed by atoms with Crippen LogP contribution in [0.4, 0.5) is 0 Å². The Balaban J connectivity index is 1.22. The maximum Gasteiger partial charge on any atom is 0.159 e. The number of ether oxygens (including phenoxy) is 1. The van der Waals surface area contributed by atoms with Crippen molar-refractivity contribution in [3.05, 3.63) is 18.2 Å². The molecule has 6 nitrogen and oxygen atoms in total. The number of carbonyl (C=O) groups excluding carboxylic acids is 1. The van der Waals surface area contributed by atoms with E-state index in [0.717, 1.165) is 55.0 Å². The maximum absolute atomic E-state index is 13.7. The van der Waals surface area contributed by atoms with E-state index in [1.165, 1.54) is 25.7 Å². The van der Waals surface area contributed by atoms with Crippen LogP contribution in [0.2, 0.25) is 0 Å². The summed E-state index contributed by atoms with van der Waals surface area (Å²) in [7, 11) is 1.64. The van der Waals surface area contributed by atoms with Gasteiger partial charge in [-0.15, -0.1) is 5.10 Å². The third-order valence-electron chi connectivity index (χ3n) is 11.2. The number of fused-ring (bicyclic) bond motifs is 6. The number of nitrogens with zero attached hydrogens (tertiary/aromatic N) is 3. The third-order valence-corrected chi connectivity index (χ3v) is 11.2. The highest BCUT2D eigenvalue weighted by atomic mass is 16.5. The van der Waals surface area contributed by atoms with Crippen LogP contribution in [0.3, 0.4) is 0 Å². The van der Waals surface area contributed by atoms with Crippen LogP contribution in [-0.4, -0.2) is 38.6 Å². The highest BCUT2D eigenvalue weighted by Gasteiger charge is 2.63. The lowest BCUT2D eigenvalue weighted by Crippen LogP contribution is -2.56. The minimum atomic E-state index is -0.474. The van der Waals surface area contributed by atoms with Gasteiger partial charge in [-0.3, -0.25) is 4.79 Å². The van der Waals surface area contributed by atoms with Crippen molar-refractivity contribution in [2.75, 3.05) is 7.11 Å². The van der Waals surface area contributed by atoms with E-state index in [1.807, 2.05) is 25.1 Å². The van der Waals surface area contributed by atoms with Crippen LogP contribution >= 0.6 is 0 Å². The summed E-state index contributed by atoms with van der Waals surface area (Å²) in [5, 5.41) is 19.9. The first-order valence-electron chi connectivity index (χ1n) is 13.8. The number of carbonyl (C=O) groups is 1. The fourth-order valence-corrected chi connectivity index (χ4v) is 9.63. The van der Waals surface area contributed by atoms with Crippen LogP contribution in [0.1, 0.15) is 78.6 Å². The Morgan fingerprint density at radius 2 is 1.86 bits per heavy atom. The Morgan fingerprint density at radius 3 is 2.66 bits per heavy atom. The quantitative estimate of drug-likeness (QED) is 0.634. The lowest BCUT2D eigenvalue weighted by Gasteiger charge is -2.62. The van der Waals surface area contributed by atoms with Crippen LogP contribution in [0.5, 0.6) is 5.75 Å². The number of aromatic nitrogens is 3. The predicted octanol–water partition coefficient (Wildman–Crippen LogP) is 5.42. The summed E-state index contributed by atoms with van der Waals surface area (Å²) in [6, 6.07) is 5.71. The average molecular weight is 480 g/mol. The van der Waals surface area contributed by atoms with Crippen LogP contribution in [0, 0.1) is 40.4 Å². The summed E-state index contributed by atoms with van der Waals surface area (Å²) in [4.78, 5) is 15.3. The highest BCUT2D eigenvalue weighted by molar-refractivity contribution is 5.83. The molecule has 35 heavy (non-hydrogen) atoms. The molecule has 4 aliphatic carbocycles. The summed E-state index contributed by atoms with van der Waals surface area (Å²) in [5.74, 6) is 3.86. The molecule has 6 rings (SSSR count). The Labute approximate surface area is 208 Å². The largest absolute Gasteiger partial charge is 0.494 e. The number of Topliss-reactive ketones (excluding diaryl/α,β-unsaturated/α-hetero) is 1. The van der Waals surface area contributed by atoms with Gasteiger partial charge in [-0.2, -0.15) is 9.90 Å². The van der Waals surface area contributed by atoms with Gasteiger partial charge < -0.3 is 9.84 Å². The molecular weight excluding hydrogens is 438 g/mol. The van der Waals surface area contributed by atoms with Crippen molar-refractivity contribution in [3.63, 3.8) is 0 Å². The van der Waals surface area contributed by atoms with E-state index in [1.54, 1.807) is 11.9 Å². The smallest absolute Gasteiger partial charge is 0.159 e. The summed E-state index contributed by atoms with van der Waals surface area (Å²) >= 11 is 0. The number of hydrogen-bond donors (Lipinski definition) is 1. The molecule has 2 aromatic rings. The molecule has 0 aliphatic heterocycles. The molecule has 1 aromatic heterocycles. The average Bonchev–Trinajstić information content (AvgIpc) is 3.39. The second-order valence-corrected chi connectivity index (χ2v) is 13.1. The summed E-state index contributed by atoms with van der Waals surface area (Å²) in [6.45, 7) is 7.26. The Bertz CT molecular complexity index is 1140. The topological polar surface area (TPSA) is 77.2 Å². The second-order valence-electron chi connectivity index (χ2n) is 13.1. The molecule has 0 bridgehead atoms. The van der Waals surface area contributed by atoms with Crippen molar-refractivity contribution in [2.24, 2.45) is 40.4 Å². The molecule has 0 amide bonds. The molecule has 1 N–H and O–H groups in total. The zero-order valence-corrected chi connectivity index (χ0v) is 21.8. The van der Waals surface area contributed by atoms with E-state index in [9.17, 15) is 9.90 Å². The van der Waals surface area contributed by atoms with Crippen molar-refractivity contribution in [1.82, 2.24) is 15.0 Å². The maximum atomic E-state index is 13.7. The van der Waals surface area contributed by atoms with Crippen molar-refractivity contribution in [3.8, 4) is 5.75 Å². The molecule has 0 spiro atoms. The minimum Gasteiger partial charge on any atom is -0.494 e. The van der Waals surface area contributed by atoms with E-state index in [2.05, 4.69) is 24.0 Å². The Hall–Kier alpha value is -1.95. The van der Waals surface area contributed by atoms with Gasteiger partial charge in [0.2, 0.25) is 0 Å². The highest BCUT2D eigenvalue weighted by Crippen LogP contribution is 2.69. The van der Waals surface area contributed by atoms with Gasteiger partial charge in [0, 0.05) is 5.92 Å². The molecule has 8 atom stereocenters. The molecule has 4 saturated carbocycles. The lowest BCUT2D eigenvalue weighted by molar-refractivity contribution is -0.152. The summed E-state index contributed by atoms with van der Waals surface area (Å²) < 4.78 is 5.43. The SMILES string of the molecule is COc1cccc2nn(CC(=O)[C@H]3CC[C@@H]4[C@]3(C)CC[C@@H]3[C@H]5CC[C@@](C)(O)C[C@H]5CC[C@@]43C)nc12. The van der Waals surface area contributed by atoms with Gasteiger partial charge in [0.05, 0.1) is 12.7 Å². The molecule has 190 valence electrons. The van der Waals surface area contributed by atoms with Gasteiger partial charge in [-0.25, -0.2) is 0 Å². The van der Waals surface area contributed by atoms with E-state index < -0.39 is 5.60 Å². The monoisotopic (exact) mass is 479 g/mol. The molecule has 0 unspecified atom stereocenters. The molecule has 1 heterocycles. The van der Waals surface area contributed by atoms with Gasteiger partial charge in [0.1, 0.15) is 17.8 Å². The van der Waals surface area contributed by atoms with Crippen molar-refractivity contribution < 1.29 is 14.6 Å². The van der Waals surface area contributed by atoms with Crippen LogP contribution in [0.15, 0.2) is 18.2 Å². The molecule has 4 aliphatic rings. The van der Waals surface area contributed by atoms with Gasteiger partial charge in [-0.05, 0) is 111 Å². The van der Waals surface area contributed by atoms with Crippen LogP contribution in [0.25, 0.3) is 11.0 Å². The number of aliphatic hydroxyl groups is 1. The van der Waals surface area contributed by atoms with Gasteiger partial charge in [-0.1, -0.05) is 19.9 Å². The first-order chi connectivity index (χ1) is 16.6. The van der Waals surface area contributed by atoms with E-state index in [0.29, 0.717) is 28.8 Å². The Kier molecular flexibility index (Phi) is 5.38. The predicted molar refractivity (Wildman–Crippen MR) is 135 cm³/mol. The normalized spacial score (nSPS) is 42.8. The zero-order chi connectivity index (χ0) is 24.6. The van der Waals surface area contributed by atoms with Crippen molar-refractivity contribution in [1.29, 1.82) is 0 Å². The molecule has 0 saturated heterocycles. The van der Waals surface area contributed by atoms with Gasteiger partial charge in [0.25, 0.3) is 0 Å². The molecule has 4 fully saturated rings. The molecular formula is C29H41N3O3. The van der Waals surface area contributed by atoms with Crippen LogP contribution in [-0.2, 0) is 11.3 Å².